The van der Waals surface area contributed by atoms with Gasteiger partial charge in [-0.25, -0.2) is 4.79 Å². The van der Waals surface area contributed by atoms with Crippen molar-refractivity contribution in [3.63, 3.8) is 0 Å². The van der Waals surface area contributed by atoms with Crippen molar-refractivity contribution in [2.75, 3.05) is 30.8 Å². The zero-order chi connectivity index (χ0) is 14.6. The normalized spacial score (nSPS) is 10.1. The standard InChI is InChI=1S/C13H19N3O3/c1-4-16(7-11(17)15-3)9-5-8(2)12(14)10(6-9)13(18)19/h5-6H,4,7,14H2,1-3H3,(H,15,17)(H,18,19). The Kier molecular flexibility index (Phi) is 4.74. The number of carboxylic acids is 1. The van der Waals surface area contributed by atoms with Crippen molar-refractivity contribution in [3.8, 4) is 0 Å². The first-order valence-electron chi connectivity index (χ1n) is 5.99. The molecule has 0 aliphatic rings. The molecule has 0 aromatic heterocycles. The molecule has 1 rings (SSSR count). The van der Waals surface area contributed by atoms with Gasteiger partial charge in [0.25, 0.3) is 0 Å². The van der Waals surface area contributed by atoms with Crippen molar-refractivity contribution in [2.45, 2.75) is 13.8 Å². The molecule has 0 bridgehead atoms. The Balaban J connectivity index is 3.18. The number of hydrogen-bond donors (Lipinski definition) is 3. The molecule has 1 amide bonds. The second kappa shape index (κ2) is 6.08. The largest absolute Gasteiger partial charge is 0.478 e. The zero-order valence-corrected chi connectivity index (χ0v) is 11.4. The maximum atomic E-state index is 11.4. The van der Waals surface area contributed by atoms with Gasteiger partial charge in [-0.15, -0.1) is 0 Å². The van der Waals surface area contributed by atoms with Gasteiger partial charge < -0.3 is 21.1 Å². The molecule has 1 aromatic carbocycles. The average molecular weight is 265 g/mol. The monoisotopic (exact) mass is 265 g/mol. The van der Waals surface area contributed by atoms with Gasteiger partial charge in [0.2, 0.25) is 5.91 Å². The summed E-state index contributed by atoms with van der Waals surface area (Å²) in [6.07, 6.45) is 0. The summed E-state index contributed by atoms with van der Waals surface area (Å²) >= 11 is 0. The summed E-state index contributed by atoms with van der Waals surface area (Å²) in [7, 11) is 1.56. The van der Waals surface area contributed by atoms with E-state index in [9.17, 15) is 9.59 Å². The molecular weight excluding hydrogens is 246 g/mol. The molecule has 0 aliphatic carbocycles. The minimum Gasteiger partial charge on any atom is -0.478 e. The number of anilines is 2. The van der Waals surface area contributed by atoms with E-state index in [0.717, 1.165) is 0 Å². The molecule has 0 spiro atoms. The number of nitrogens with two attached hydrogens (primary N) is 1. The summed E-state index contributed by atoms with van der Waals surface area (Å²) in [4.78, 5) is 24.4. The summed E-state index contributed by atoms with van der Waals surface area (Å²) in [5, 5.41) is 11.7. The molecule has 104 valence electrons. The first kappa shape index (κ1) is 14.8. The lowest BCUT2D eigenvalue weighted by Gasteiger charge is -2.23. The van der Waals surface area contributed by atoms with Crippen molar-refractivity contribution in [1.29, 1.82) is 0 Å². The molecule has 0 saturated heterocycles. The van der Waals surface area contributed by atoms with Gasteiger partial charge in [0.1, 0.15) is 0 Å². The number of carboxylic acid groups (broad SMARTS) is 1. The van der Waals surface area contributed by atoms with E-state index < -0.39 is 5.97 Å². The number of aryl methyl sites for hydroxylation is 1. The third kappa shape index (κ3) is 3.37. The van der Waals surface area contributed by atoms with E-state index in [1.165, 1.54) is 6.07 Å². The van der Waals surface area contributed by atoms with Crippen LogP contribution in [-0.4, -0.2) is 37.1 Å². The smallest absolute Gasteiger partial charge is 0.337 e. The number of rotatable bonds is 5. The van der Waals surface area contributed by atoms with Gasteiger partial charge in [0.05, 0.1) is 12.1 Å². The molecule has 0 saturated carbocycles. The fraction of sp³-hybridized carbons (Fsp3) is 0.385. The second-order valence-electron chi connectivity index (χ2n) is 4.22. The van der Waals surface area contributed by atoms with Crippen LogP contribution in [0.2, 0.25) is 0 Å². The zero-order valence-electron chi connectivity index (χ0n) is 11.4. The van der Waals surface area contributed by atoms with E-state index in [0.29, 0.717) is 17.8 Å². The first-order chi connectivity index (χ1) is 8.90. The maximum Gasteiger partial charge on any atom is 0.337 e. The molecule has 19 heavy (non-hydrogen) atoms. The van der Waals surface area contributed by atoms with Gasteiger partial charge >= 0.3 is 5.97 Å². The van der Waals surface area contributed by atoms with E-state index in [1.54, 1.807) is 24.9 Å². The van der Waals surface area contributed by atoms with Crippen LogP contribution in [0.3, 0.4) is 0 Å². The van der Waals surface area contributed by atoms with Gasteiger partial charge in [-0.3, -0.25) is 4.79 Å². The number of hydrogen-bond acceptors (Lipinski definition) is 4. The van der Waals surface area contributed by atoms with Gasteiger partial charge in [-0.05, 0) is 31.5 Å². The van der Waals surface area contributed by atoms with Crippen LogP contribution >= 0.6 is 0 Å². The van der Waals surface area contributed by atoms with Crippen LogP contribution in [0, 0.1) is 6.92 Å². The number of amides is 1. The van der Waals surface area contributed by atoms with Crippen LogP contribution in [0.4, 0.5) is 11.4 Å². The molecule has 0 fully saturated rings. The lowest BCUT2D eigenvalue weighted by Crippen LogP contribution is -2.35. The van der Waals surface area contributed by atoms with Crippen molar-refractivity contribution in [1.82, 2.24) is 5.32 Å². The Morgan fingerprint density at radius 3 is 2.53 bits per heavy atom. The summed E-state index contributed by atoms with van der Waals surface area (Å²) in [5.41, 5.74) is 7.42. The van der Waals surface area contributed by atoms with Crippen LogP contribution in [0.5, 0.6) is 0 Å². The van der Waals surface area contributed by atoms with Gasteiger partial charge in [-0.2, -0.15) is 0 Å². The van der Waals surface area contributed by atoms with E-state index in [4.69, 9.17) is 10.8 Å². The van der Waals surface area contributed by atoms with Crippen molar-refractivity contribution >= 4 is 23.3 Å². The van der Waals surface area contributed by atoms with E-state index in [-0.39, 0.29) is 23.7 Å². The molecule has 6 heteroatoms. The predicted molar refractivity (Wildman–Crippen MR) is 74.5 cm³/mol. The molecule has 4 N–H and O–H groups in total. The summed E-state index contributed by atoms with van der Waals surface area (Å²) < 4.78 is 0. The molecule has 0 unspecified atom stereocenters. The number of benzene rings is 1. The summed E-state index contributed by atoms with van der Waals surface area (Å²) in [5.74, 6) is -1.20. The quantitative estimate of drug-likeness (QED) is 0.686. The highest BCUT2D eigenvalue weighted by molar-refractivity contribution is 5.96. The van der Waals surface area contributed by atoms with E-state index in [1.807, 2.05) is 6.92 Å². The van der Waals surface area contributed by atoms with Crippen molar-refractivity contribution in [2.24, 2.45) is 0 Å². The van der Waals surface area contributed by atoms with Gasteiger partial charge in [0.15, 0.2) is 0 Å². The number of carbonyl (C=O) groups excluding carboxylic acids is 1. The Morgan fingerprint density at radius 2 is 2.05 bits per heavy atom. The predicted octanol–water partition coefficient (Wildman–Crippen LogP) is 0.848. The Morgan fingerprint density at radius 1 is 1.42 bits per heavy atom. The van der Waals surface area contributed by atoms with E-state index in [2.05, 4.69) is 5.32 Å². The minimum atomic E-state index is -1.07. The fourth-order valence-corrected chi connectivity index (χ4v) is 1.78. The Bertz CT molecular complexity index is 500. The third-order valence-electron chi connectivity index (χ3n) is 2.96. The highest BCUT2D eigenvalue weighted by atomic mass is 16.4. The summed E-state index contributed by atoms with van der Waals surface area (Å²) in [6, 6.07) is 3.28. The third-order valence-corrected chi connectivity index (χ3v) is 2.96. The number of likely N-dealkylation sites (N-methyl/N-ethyl adjacent to an activating group) is 2. The highest BCUT2D eigenvalue weighted by Gasteiger charge is 2.15. The molecule has 0 aliphatic heterocycles. The molecule has 0 radical (unpaired) electrons. The fourth-order valence-electron chi connectivity index (χ4n) is 1.78. The van der Waals surface area contributed by atoms with Crippen LogP contribution < -0.4 is 16.0 Å². The Labute approximate surface area is 112 Å². The summed E-state index contributed by atoms with van der Waals surface area (Å²) in [6.45, 7) is 4.42. The van der Waals surface area contributed by atoms with Crippen molar-refractivity contribution < 1.29 is 14.7 Å². The molecule has 0 atom stereocenters. The first-order valence-corrected chi connectivity index (χ1v) is 5.99. The molecule has 0 heterocycles. The molecule has 1 aromatic rings. The van der Waals surface area contributed by atoms with Gasteiger partial charge in [-0.1, -0.05) is 0 Å². The lowest BCUT2D eigenvalue weighted by atomic mass is 10.1. The number of nitrogen functional groups attached to an aromatic ring is 1. The number of nitrogens with one attached hydrogen (secondary N) is 1. The van der Waals surface area contributed by atoms with E-state index >= 15 is 0 Å². The van der Waals surface area contributed by atoms with Gasteiger partial charge in [0, 0.05) is 25.0 Å². The number of aromatic carboxylic acids is 1. The number of carbonyl (C=O) groups is 2. The van der Waals surface area contributed by atoms with Crippen LogP contribution in [0.25, 0.3) is 0 Å². The average Bonchev–Trinajstić information content (AvgIpc) is 2.38. The maximum absolute atomic E-state index is 11.4. The van der Waals surface area contributed by atoms with Crippen LogP contribution in [-0.2, 0) is 4.79 Å². The van der Waals surface area contributed by atoms with Crippen LogP contribution in [0.1, 0.15) is 22.8 Å². The Hall–Kier alpha value is -2.24. The topological polar surface area (TPSA) is 95.7 Å². The minimum absolute atomic E-state index is 0.0605. The lowest BCUT2D eigenvalue weighted by molar-refractivity contribution is -0.119. The number of nitrogens with zero attached hydrogens (tertiary/aromatic N) is 1. The van der Waals surface area contributed by atoms with Crippen molar-refractivity contribution in [3.05, 3.63) is 23.3 Å². The molecule has 6 nitrogen and oxygen atoms in total. The molecular formula is C13H19N3O3. The SMILES string of the molecule is CCN(CC(=O)NC)c1cc(C)c(N)c(C(=O)O)c1. The van der Waals surface area contributed by atoms with Crippen LogP contribution in [0.15, 0.2) is 12.1 Å². The second-order valence-corrected chi connectivity index (χ2v) is 4.22. The highest BCUT2D eigenvalue weighted by Crippen LogP contribution is 2.25.